The summed E-state index contributed by atoms with van der Waals surface area (Å²) in [5, 5.41) is 6.17. The number of amides is 1. The van der Waals surface area contributed by atoms with Crippen LogP contribution in [0.15, 0.2) is 27.1 Å². The molecule has 2 rings (SSSR count). The minimum atomic E-state index is -0.0825. The van der Waals surface area contributed by atoms with Crippen molar-refractivity contribution in [1.82, 2.24) is 10.6 Å². The van der Waals surface area contributed by atoms with Crippen LogP contribution in [-0.4, -0.2) is 38.3 Å². The monoisotopic (exact) mass is 404 g/mol. The summed E-state index contributed by atoms with van der Waals surface area (Å²) in [6, 6.07) is 5.50. The highest BCUT2D eigenvalue weighted by molar-refractivity contribution is 9.11. The lowest BCUT2D eigenvalue weighted by molar-refractivity contribution is 0.0343. The third-order valence-corrected chi connectivity index (χ3v) is 4.07. The number of hydrogen-bond donors (Lipinski definition) is 2. The maximum atomic E-state index is 12.0. The van der Waals surface area contributed by atoms with Crippen molar-refractivity contribution in [3.05, 3.63) is 32.7 Å². The van der Waals surface area contributed by atoms with Crippen LogP contribution in [0.3, 0.4) is 0 Å². The molecule has 0 aliphatic carbocycles. The third kappa shape index (κ3) is 5.16. The van der Waals surface area contributed by atoms with E-state index in [2.05, 4.69) is 42.5 Å². The van der Waals surface area contributed by atoms with E-state index in [1.165, 1.54) is 0 Å². The van der Waals surface area contributed by atoms with Gasteiger partial charge in [0, 0.05) is 21.1 Å². The van der Waals surface area contributed by atoms with Crippen molar-refractivity contribution >= 4 is 37.8 Å². The number of carbonyl (C=O) groups excluding carboxylic acids is 1. The van der Waals surface area contributed by atoms with Crippen molar-refractivity contribution in [2.24, 2.45) is 0 Å². The predicted octanol–water partition coefficient (Wildman–Crippen LogP) is 2.71. The quantitative estimate of drug-likeness (QED) is 0.740. The van der Waals surface area contributed by atoms with Crippen molar-refractivity contribution < 1.29 is 9.53 Å². The highest BCUT2D eigenvalue weighted by Crippen LogP contribution is 2.19. The molecule has 0 saturated carbocycles. The fourth-order valence-electron chi connectivity index (χ4n) is 2.14. The summed E-state index contributed by atoms with van der Waals surface area (Å²) in [4.78, 5) is 12.0. The summed E-state index contributed by atoms with van der Waals surface area (Å²) in [6.07, 6.45) is 2.42. The topological polar surface area (TPSA) is 50.4 Å². The number of hydrogen-bond acceptors (Lipinski definition) is 3. The Labute approximate surface area is 135 Å². The van der Waals surface area contributed by atoms with Crippen LogP contribution in [0.25, 0.3) is 0 Å². The molecule has 0 bridgehead atoms. The van der Waals surface area contributed by atoms with Gasteiger partial charge >= 0.3 is 0 Å². The Morgan fingerprint density at radius 3 is 2.55 bits per heavy atom. The molecule has 0 aromatic heterocycles. The van der Waals surface area contributed by atoms with Crippen molar-refractivity contribution in [2.75, 3.05) is 26.2 Å². The minimum absolute atomic E-state index is 0.0825. The van der Waals surface area contributed by atoms with Gasteiger partial charge < -0.3 is 15.4 Å². The second kappa shape index (κ2) is 8.12. The minimum Gasteiger partial charge on any atom is -0.376 e. The van der Waals surface area contributed by atoms with E-state index in [-0.39, 0.29) is 5.91 Å². The molecule has 1 aliphatic heterocycles. The first-order valence-corrected chi connectivity index (χ1v) is 8.30. The number of halogens is 2. The average Bonchev–Trinajstić information content (AvgIpc) is 2.43. The zero-order valence-corrected chi connectivity index (χ0v) is 14.3. The van der Waals surface area contributed by atoms with E-state index in [0.717, 1.165) is 34.9 Å². The van der Waals surface area contributed by atoms with Gasteiger partial charge in [0.05, 0.1) is 12.7 Å². The summed E-state index contributed by atoms with van der Waals surface area (Å²) >= 11 is 6.75. The number of benzene rings is 1. The zero-order chi connectivity index (χ0) is 14.4. The average molecular weight is 406 g/mol. The Bertz CT molecular complexity index is 442. The Morgan fingerprint density at radius 1 is 1.25 bits per heavy atom. The summed E-state index contributed by atoms with van der Waals surface area (Å²) in [6.45, 7) is 3.13. The molecule has 1 aromatic carbocycles. The fraction of sp³-hybridized carbons (Fsp3) is 0.500. The number of piperidine rings is 1. The molecule has 20 heavy (non-hydrogen) atoms. The number of rotatable bonds is 5. The van der Waals surface area contributed by atoms with E-state index in [1.807, 2.05) is 6.07 Å². The lowest BCUT2D eigenvalue weighted by atomic mass is 10.1. The van der Waals surface area contributed by atoms with Crippen LogP contribution in [0.4, 0.5) is 0 Å². The SMILES string of the molecule is O=C(NCCOC1CCNCC1)c1cc(Br)cc(Br)c1. The Kier molecular flexibility index (Phi) is 6.48. The number of nitrogens with one attached hydrogen (secondary N) is 2. The summed E-state index contributed by atoms with van der Waals surface area (Å²) in [5.74, 6) is -0.0825. The number of carbonyl (C=O) groups is 1. The van der Waals surface area contributed by atoms with E-state index in [1.54, 1.807) is 12.1 Å². The molecule has 2 N–H and O–H groups in total. The highest BCUT2D eigenvalue weighted by Gasteiger charge is 2.13. The van der Waals surface area contributed by atoms with Crippen LogP contribution < -0.4 is 10.6 Å². The molecular formula is C14H18Br2N2O2. The van der Waals surface area contributed by atoms with Gasteiger partial charge in [-0.3, -0.25) is 4.79 Å². The summed E-state index contributed by atoms with van der Waals surface area (Å²) in [7, 11) is 0. The molecular weight excluding hydrogens is 388 g/mol. The van der Waals surface area contributed by atoms with Crippen molar-refractivity contribution in [2.45, 2.75) is 18.9 Å². The van der Waals surface area contributed by atoms with Gasteiger partial charge in [0.15, 0.2) is 0 Å². The summed E-state index contributed by atoms with van der Waals surface area (Å²) < 4.78 is 7.50. The molecule has 4 nitrogen and oxygen atoms in total. The summed E-state index contributed by atoms with van der Waals surface area (Å²) in [5.41, 5.74) is 0.633. The second-order valence-electron chi connectivity index (χ2n) is 4.73. The van der Waals surface area contributed by atoms with Crippen LogP contribution in [0.1, 0.15) is 23.2 Å². The molecule has 1 aliphatic rings. The van der Waals surface area contributed by atoms with Gasteiger partial charge in [-0.1, -0.05) is 31.9 Å². The van der Waals surface area contributed by atoms with E-state index >= 15 is 0 Å². The van der Waals surface area contributed by atoms with Crippen LogP contribution in [-0.2, 0) is 4.74 Å². The zero-order valence-electron chi connectivity index (χ0n) is 11.1. The fourth-order valence-corrected chi connectivity index (χ4v) is 3.43. The molecule has 0 spiro atoms. The third-order valence-electron chi connectivity index (χ3n) is 3.15. The molecule has 1 fully saturated rings. The lowest BCUT2D eigenvalue weighted by Gasteiger charge is -2.22. The Morgan fingerprint density at radius 2 is 1.90 bits per heavy atom. The van der Waals surface area contributed by atoms with Crippen molar-refractivity contribution in [1.29, 1.82) is 0 Å². The molecule has 0 unspecified atom stereocenters. The van der Waals surface area contributed by atoms with E-state index in [9.17, 15) is 4.79 Å². The molecule has 1 aromatic rings. The van der Waals surface area contributed by atoms with Gasteiger partial charge in [-0.2, -0.15) is 0 Å². The van der Waals surface area contributed by atoms with Crippen molar-refractivity contribution in [3.8, 4) is 0 Å². The molecule has 110 valence electrons. The molecule has 0 radical (unpaired) electrons. The van der Waals surface area contributed by atoms with E-state index in [4.69, 9.17) is 4.74 Å². The molecule has 6 heteroatoms. The normalized spacial score (nSPS) is 16.1. The lowest BCUT2D eigenvalue weighted by Crippen LogP contribution is -2.34. The molecule has 1 saturated heterocycles. The van der Waals surface area contributed by atoms with E-state index in [0.29, 0.717) is 24.8 Å². The van der Waals surface area contributed by atoms with Crippen LogP contribution in [0, 0.1) is 0 Å². The first-order chi connectivity index (χ1) is 9.65. The van der Waals surface area contributed by atoms with Crippen molar-refractivity contribution in [3.63, 3.8) is 0 Å². The second-order valence-corrected chi connectivity index (χ2v) is 6.57. The van der Waals surface area contributed by atoms with Gasteiger partial charge in [-0.15, -0.1) is 0 Å². The maximum absolute atomic E-state index is 12.0. The Balaban J connectivity index is 1.71. The van der Waals surface area contributed by atoms with E-state index < -0.39 is 0 Å². The molecule has 1 heterocycles. The van der Waals surface area contributed by atoms with Gasteiger partial charge in [0.25, 0.3) is 5.91 Å². The maximum Gasteiger partial charge on any atom is 0.251 e. The molecule has 1 amide bonds. The highest BCUT2D eigenvalue weighted by atomic mass is 79.9. The van der Waals surface area contributed by atoms with Gasteiger partial charge in [0.2, 0.25) is 0 Å². The van der Waals surface area contributed by atoms with Crippen LogP contribution in [0.5, 0.6) is 0 Å². The number of ether oxygens (including phenoxy) is 1. The largest absolute Gasteiger partial charge is 0.376 e. The Hall–Kier alpha value is -0.430. The first-order valence-electron chi connectivity index (χ1n) is 6.72. The van der Waals surface area contributed by atoms with Crippen LogP contribution in [0.2, 0.25) is 0 Å². The van der Waals surface area contributed by atoms with Gasteiger partial charge in [-0.25, -0.2) is 0 Å². The standard InChI is InChI=1S/C14H18Br2N2O2/c15-11-7-10(8-12(16)9-11)14(19)18-5-6-20-13-1-3-17-4-2-13/h7-9,13,17H,1-6H2,(H,18,19). The van der Waals surface area contributed by atoms with Crippen LogP contribution >= 0.6 is 31.9 Å². The molecule has 0 atom stereocenters. The predicted molar refractivity (Wildman–Crippen MR) is 86.0 cm³/mol. The van der Waals surface area contributed by atoms with Gasteiger partial charge in [-0.05, 0) is 44.1 Å². The van der Waals surface area contributed by atoms with Gasteiger partial charge in [0.1, 0.15) is 0 Å². The smallest absolute Gasteiger partial charge is 0.251 e. The first kappa shape index (κ1) is 15.9.